The molecule has 1 heterocycles. The first-order chi connectivity index (χ1) is 7.97. The third-order valence-corrected chi connectivity index (χ3v) is 3.48. The van der Waals surface area contributed by atoms with E-state index in [0.717, 1.165) is 0 Å². The smallest absolute Gasteiger partial charge is 0.255 e. The number of hydrogen-bond acceptors (Lipinski definition) is 2. The normalized spacial score (nSPS) is 17.8. The van der Waals surface area contributed by atoms with Crippen molar-refractivity contribution in [3.63, 3.8) is 0 Å². The molecule has 0 unspecified atom stereocenters. The summed E-state index contributed by atoms with van der Waals surface area (Å²) in [6, 6.07) is 4.13. The van der Waals surface area contributed by atoms with E-state index in [2.05, 4.69) is 0 Å². The molecule has 0 saturated carbocycles. The van der Waals surface area contributed by atoms with Crippen LogP contribution in [0.5, 0.6) is 0 Å². The molecule has 1 fully saturated rings. The molecule has 92 valence electrons. The molecule has 5 heteroatoms. The molecule has 0 aromatic heterocycles. The van der Waals surface area contributed by atoms with Gasteiger partial charge in [-0.05, 0) is 18.6 Å². The Hall–Kier alpha value is -1.13. The Morgan fingerprint density at radius 2 is 2.24 bits per heavy atom. The molecule has 1 aliphatic heterocycles. The van der Waals surface area contributed by atoms with Crippen molar-refractivity contribution in [2.45, 2.75) is 18.9 Å². The van der Waals surface area contributed by atoms with Crippen LogP contribution in [-0.2, 0) is 0 Å². The number of carbonyl (C=O) groups excluding carboxylic acids is 1. The number of benzene rings is 1. The van der Waals surface area contributed by atoms with Gasteiger partial charge in [0.1, 0.15) is 5.82 Å². The molecule has 1 N–H and O–H groups in total. The second kappa shape index (κ2) is 4.27. The molecule has 3 nitrogen and oxygen atoms in total. The van der Waals surface area contributed by atoms with E-state index in [1.807, 2.05) is 6.92 Å². The van der Waals surface area contributed by atoms with Crippen LogP contribution in [0.1, 0.15) is 23.7 Å². The minimum absolute atomic E-state index is 0.143. The quantitative estimate of drug-likeness (QED) is 0.881. The van der Waals surface area contributed by atoms with Crippen molar-refractivity contribution in [1.82, 2.24) is 4.90 Å². The van der Waals surface area contributed by atoms with Crippen LogP contribution in [0.2, 0.25) is 5.02 Å². The predicted octanol–water partition coefficient (Wildman–Crippen LogP) is 2.08. The highest BCUT2D eigenvalue weighted by Gasteiger charge is 2.42. The second-order valence-corrected chi connectivity index (χ2v) is 4.72. The SMILES string of the molecule is CCC1(O)CN(C(=O)c2cccc(F)c2Cl)C1. The minimum atomic E-state index is -0.796. The molecule has 1 aliphatic rings. The molecule has 0 bridgehead atoms. The second-order valence-electron chi connectivity index (χ2n) is 4.34. The van der Waals surface area contributed by atoms with Gasteiger partial charge in [-0.15, -0.1) is 0 Å². The summed E-state index contributed by atoms with van der Waals surface area (Å²) in [5.41, 5.74) is -0.653. The summed E-state index contributed by atoms with van der Waals surface area (Å²) in [6.07, 6.45) is 0.591. The van der Waals surface area contributed by atoms with Gasteiger partial charge in [-0.2, -0.15) is 0 Å². The zero-order chi connectivity index (χ0) is 12.6. The van der Waals surface area contributed by atoms with Crippen molar-refractivity contribution in [2.75, 3.05) is 13.1 Å². The molecule has 0 atom stereocenters. The highest BCUT2D eigenvalue weighted by molar-refractivity contribution is 6.34. The lowest BCUT2D eigenvalue weighted by Crippen LogP contribution is -2.63. The first-order valence-electron chi connectivity index (χ1n) is 5.42. The fourth-order valence-corrected chi connectivity index (χ4v) is 2.08. The number of β-amino-alcohol motifs (C(OH)–C–C–N with tert-alkyl or cyclic N) is 1. The number of likely N-dealkylation sites (tertiary alicyclic amines) is 1. The molecular weight excluding hydrogens is 245 g/mol. The topological polar surface area (TPSA) is 40.5 Å². The van der Waals surface area contributed by atoms with Crippen LogP contribution in [-0.4, -0.2) is 34.6 Å². The van der Waals surface area contributed by atoms with Crippen LogP contribution in [0.25, 0.3) is 0 Å². The number of nitrogens with zero attached hydrogens (tertiary/aromatic N) is 1. The Morgan fingerprint density at radius 3 is 2.82 bits per heavy atom. The average molecular weight is 258 g/mol. The predicted molar refractivity (Wildman–Crippen MR) is 62.6 cm³/mol. The molecule has 1 aromatic rings. The molecule has 1 aromatic carbocycles. The Morgan fingerprint density at radius 1 is 1.59 bits per heavy atom. The van der Waals surface area contributed by atoms with Gasteiger partial charge in [-0.3, -0.25) is 4.79 Å². The number of amides is 1. The number of rotatable bonds is 2. The molecule has 0 spiro atoms. The Balaban J connectivity index is 2.15. The van der Waals surface area contributed by atoms with Crippen molar-refractivity contribution in [1.29, 1.82) is 0 Å². The highest BCUT2D eigenvalue weighted by Crippen LogP contribution is 2.28. The third kappa shape index (κ3) is 2.15. The molecular formula is C12H13ClFNO2. The molecule has 0 radical (unpaired) electrons. The Bertz CT molecular complexity index is 458. The monoisotopic (exact) mass is 257 g/mol. The van der Waals surface area contributed by atoms with Crippen molar-refractivity contribution in [3.8, 4) is 0 Å². The number of hydrogen-bond donors (Lipinski definition) is 1. The summed E-state index contributed by atoms with van der Waals surface area (Å²) in [5, 5.41) is 9.65. The van der Waals surface area contributed by atoms with E-state index in [-0.39, 0.29) is 29.6 Å². The van der Waals surface area contributed by atoms with E-state index >= 15 is 0 Å². The molecule has 2 rings (SSSR count). The van der Waals surface area contributed by atoms with Gasteiger partial charge in [0, 0.05) is 0 Å². The fourth-order valence-electron chi connectivity index (χ4n) is 1.87. The van der Waals surface area contributed by atoms with Crippen LogP contribution in [0.15, 0.2) is 18.2 Å². The van der Waals surface area contributed by atoms with Gasteiger partial charge in [0.25, 0.3) is 5.91 Å². The summed E-state index contributed by atoms with van der Waals surface area (Å²) in [7, 11) is 0. The highest BCUT2D eigenvalue weighted by atomic mass is 35.5. The first-order valence-corrected chi connectivity index (χ1v) is 5.80. The molecule has 0 aliphatic carbocycles. The summed E-state index contributed by atoms with van der Waals surface area (Å²) in [6.45, 7) is 2.40. The van der Waals surface area contributed by atoms with Crippen molar-refractivity contribution >= 4 is 17.5 Å². The van der Waals surface area contributed by atoms with E-state index < -0.39 is 11.4 Å². The van der Waals surface area contributed by atoms with Gasteiger partial charge >= 0.3 is 0 Å². The van der Waals surface area contributed by atoms with E-state index in [1.165, 1.54) is 23.1 Å². The average Bonchev–Trinajstić information content (AvgIpc) is 2.28. The maximum atomic E-state index is 13.2. The zero-order valence-corrected chi connectivity index (χ0v) is 10.2. The first kappa shape index (κ1) is 12.3. The van der Waals surface area contributed by atoms with Crippen LogP contribution in [0.3, 0.4) is 0 Å². The van der Waals surface area contributed by atoms with Crippen molar-refractivity contribution in [2.24, 2.45) is 0 Å². The van der Waals surface area contributed by atoms with E-state index in [4.69, 9.17) is 11.6 Å². The van der Waals surface area contributed by atoms with Gasteiger partial charge in [-0.25, -0.2) is 4.39 Å². The van der Waals surface area contributed by atoms with E-state index in [0.29, 0.717) is 6.42 Å². The van der Waals surface area contributed by atoms with Gasteiger partial charge in [-0.1, -0.05) is 24.6 Å². The molecule has 1 amide bonds. The summed E-state index contributed by atoms with van der Waals surface area (Å²) >= 11 is 5.73. The van der Waals surface area contributed by atoms with Crippen LogP contribution < -0.4 is 0 Å². The van der Waals surface area contributed by atoms with Crippen LogP contribution in [0, 0.1) is 5.82 Å². The third-order valence-electron chi connectivity index (χ3n) is 3.10. The summed E-state index contributed by atoms with van der Waals surface area (Å²) in [4.78, 5) is 13.4. The summed E-state index contributed by atoms with van der Waals surface area (Å²) < 4.78 is 13.2. The number of carbonyl (C=O) groups is 1. The molecule has 1 saturated heterocycles. The van der Waals surface area contributed by atoms with Crippen molar-refractivity contribution < 1.29 is 14.3 Å². The lowest BCUT2D eigenvalue weighted by molar-refractivity contribution is -0.0826. The molecule has 17 heavy (non-hydrogen) atoms. The van der Waals surface area contributed by atoms with Gasteiger partial charge in [0.05, 0.1) is 29.3 Å². The van der Waals surface area contributed by atoms with E-state index in [1.54, 1.807) is 0 Å². The van der Waals surface area contributed by atoms with Gasteiger partial charge in [0.15, 0.2) is 0 Å². The maximum absolute atomic E-state index is 13.2. The number of aliphatic hydroxyl groups is 1. The Labute approximate surface area is 104 Å². The minimum Gasteiger partial charge on any atom is -0.386 e. The lowest BCUT2D eigenvalue weighted by Gasteiger charge is -2.46. The van der Waals surface area contributed by atoms with Gasteiger partial charge < -0.3 is 10.0 Å². The van der Waals surface area contributed by atoms with Crippen LogP contribution >= 0.6 is 11.6 Å². The standard InChI is InChI=1S/C12H13ClFNO2/c1-2-12(17)6-15(7-12)11(16)8-4-3-5-9(14)10(8)13/h3-5,17H,2,6-7H2,1H3. The summed E-state index contributed by atoms with van der Waals surface area (Å²) in [5.74, 6) is -0.948. The largest absolute Gasteiger partial charge is 0.386 e. The lowest BCUT2D eigenvalue weighted by atomic mass is 9.90. The van der Waals surface area contributed by atoms with Crippen LogP contribution in [0.4, 0.5) is 4.39 Å². The Kier molecular flexibility index (Phi) is 3.10. The number of halogens is 2. The zero-order valence-electron chi connectivity index (χ0n) is 9.41. The van der Waals surface area contributed by atoms with E-state index in [9.17, 15) is 14.3 Å². The maximum Gasteiger partial charge on any atom is 0.255 e. The fraction of sp³-hybridized carbons (Fsp3) is 0.417. The van der Waals surface area contributed by atoms with Crippen molar-refractivity contribution in [3.05, 3.63) is 34.6 Å². The van der Waals surface area contributed by atoms with Gasteiger partial charge in [0.2, 0.25) is 0 Å².